The molecule has 6 heteroatoms. The highest BCUT2D eigenvalue weighted by Crippen LogP contribution is 2.27. The highest BCUT2D eigenvalue weighted by molar-refractivity contribution is 5.68. The SMILES string of the molecule is CC(NC1CC1NC(=O)OC(C)(C)C)c1cccc(F)c1F. The Labute approximate surface area is 129 Å². The zero-order valence-electron chi connectivity index (χ0n) is 13.2. The zero-order valence-corrected chi connectivity index (χ0v) is 13.2. The van der Waals surface area contributed by atoms with Gasteiger partial charge in [-0.15, -0.1) is 0 Å². The minimum absolute atomic E-state index is 0.0326. The standard InChI is InChI=1S/C16H22F2N2O2/c1-9(10-6-5-7-11(17)14(10)18)19-12-8-13(12)20-15(21)22-16(2,3)4/h5-7,9,12-13,19H,8H2,1-4H3,(H,20,21). The smallest absolute Gasteiger partial charge is 0.407 e. The Morgan fingerprint density at radius 3 is 2.64 bits per heavy atom. The van der Waals surface area contributed by atoms with Crippen molar-refractivity contribution in [2.24, 2.45) is 0 Å². The van der Waals surface area contributed by atoms with Crippen LogP contribution in [-0.4, -0.2) is 23.8 Å². The summed E-state index contributed by atoms with van der Waals surface area (Å²) in [6.45, 7) is 7.15. The minimum atomic E-state index is -0.856. The lowest BCUT2D eigenvalue weighted by Crippen LogP contribution is -2.37. The molecule has 1 amide bonds. The average Bonchev–Trinajstić information content (AvgIpc) is 3.07. The van der Waals surface area contributed by atoms with E-state index in [-0.39, 0.29) is 23.7 Å². The number of rotatable bonds is 4. The first kappa shape index (κ1) is 16.7. The van der Waals surface area contributed by atoms with E-state index in [2.05, 4.69) is 10.6 Å². The summed E-state index contributed by atoms with van der Waals surface area (Å²) in [5.41, 5.74) is -0.261. The molecule has 1 saturated carbocycles. The predicted octanol–water partition coefficient (Wildman–Crippen LogP) is 3.28. The third-order valence-corrected chi connectivity index (χ3v) is 3.40. The number of amides is 1. The van der Waals surface area contributed by atoms with E-state index in [1.807, 2.05) is 0 Å². The van der Waals surface area contributed by atoms with Gasteiger partial charge in [-0.3, -0.25) is 0 Å². The molecule has 0 bridgehead atoms. The highest BCUT2D eigenvalue weighted by atomic mass is 19.2. The molecule has 2 N–H and O–H groups in total. The summed E-state index contributed by atoms with van der Waals surface area (Å²) < 4.78 is 32.1. The monoisotopic (exact) mass is 312 g/mol. The van der Waals surface area contributed by atoms with E-state index in [0.717, 1.165) is 12.5 Å². The molecule has 122 valence electrons. The van der Waals surface area contributed by atoms with E-state index >= 15 is 0 Å². The van der Waals surface area contributed by atoms with E-state index in [4.69, 9.17) is 4.74 Å². The van der Waals surface area contributed by atoms with Crippen LogP contribution < -0.4 is 10.6 Å². The van der Waals surface area contributed by atoms with Crippen molar-refractivity contribution in [1.29, 1.82) is 0 Å². The number of carbonyl (C=O) groups is 1. The molecule has 1 aliphatic carbocycles. The Morgan fingerprint density at radius 2 is 2.00 bits per heavy atom. The van der Waals surface area contributed by atoms with Crippen molar-refractivity contribution < 1.29 is 18.3 Å². The maximum atomic E-state index is 13.7. The normalized spacial score (nSPS) is 22.1. The Morgan fingerprint density at radius 1 is 1.32 bits per heavy atom. The molecular weight excluding hydrogens is 290 g/mol. The summed E-state index contributed by atoms with van der Waals surface area (Å²) >= 11 is 0. The molecule has 1 fully saturated rings. The van der Waals surface area contributed by atoms with Crippen molar-refractivity contribution in [2.75, 3.05) is 0 Å². The molecule has 3 atom stereocenters. The van der Waals surface area contributed by atoms with Crippen molar-refractivity contribution >= 4 is 6.09 Å². The Hall–Kier alpha value is -1.69. The molecule has 3 unspecified atom stereocenters. The van der Waals surface area contributed by atoms with Gasteiger partial charge in [-0.2, -0.15) is 0 Å². The average molecular weight is 312 g/mol. The van der Waals surface area contributed by atoms with Crippen LogP contribution in [0.5, 0.6) is 0 Å². The van der Waals surface area contributed by atoms with Crippen LogP contribution in [0, 0.1) is 11.6 Å². The predicted molar refractivity (Wildman–Crippen MR) is 79.5 cm³/mol. The molecule has 0 spiro atoms. The second-order valence-corrected chi connectivity index (χ2v) is 6.63. The van der Waals surface area contributed by atoms with Gasteiger partial charge in [-0.25, -0.2) is 13.6 Å². The van der Waals surface area contributed by atoms with Crippen molar-refractivity contribution in [3.8, 4) is 0 Å². The summed E-state index contributed by atoms with van der Waals surface area (Å²) in [5, 5.41) is 5.93. The number of hydrogen-bond donors (Lipinski definition) is 2. The molecule has 0 radical (unpaired) electrons. The second-order valence-electron chi connectivity index (χ2n) is 6.63. The quantitative estimate of drug-likeness (QED) is 0.897. The van der Waals surface area contributed by atoms with Gasteiger partial charge < -0.3 is 15.4 Å². The number of alkyl carbamates (subject to hydrolysis) is 1. The topological polar surface area (TPSA) is 50.4 Å². The van der Waals surface area contributed by atoms with E-state index in [1.165, 1.54) is 6.07 Å². The lowest BCUT2D eigenvalue weighted by Gasteiger charge is -2.20. The summed E-state index contributed by atoms with van der Waals surface area (Å²) in [6.07, 6.45) is 0.270. The molecule has 1 aromatic carbocycles. The fraction of sp³-hybridized carbons (Fsp3) is 0.562. The van der Waals surface area contributed by atoms with Gasteiger partial charge in [-0.1, -0.05) is 12.1 Å². The molecule has 2 rings (SSSR count). The number of nitrogens with one attached hydrogen (secondary N) is 2. The largest absolute Gasteiger partial charge is 0.444 e. The van der Waals surface area contributed by atoms with Gasteiger partial charge in [0.05, 0.1) is 0 Å². The van der Waals surface area contributed by atoms with Crippen LogP contribution in [0.25, 0.3) is 0 Å². The van der Waals surface area contributed by atoms with Crippen LogP contribution in [0.15, 0.2) is 18.2 Å². The molecule has 0 aliphatic heterocycles. The molecule has 22 heavy (non-hydrogen) atoms. The van der Waals surface area contributed by atoms with E-state index < -0.39 is 23.3 Å². The first-order valence-electron chi connectivity index (χ1n) is 7.37. The van der Waals surface area contributed by atoms with Crippen LogP contribution in [0.1, 0.15) is 45.7 Å². The van der Waals surface area contributed by atoms with E-state index in [0.29, 0.717) is 0 Å². The fourth-order valence-electron chi connectivity index (χ4n) is 2.26. The van der Waals surface area contributed by atoms with Crippen molar-refractivity contribution in [3.05, 3.63) is 35.4 Å². The van der Waals surface area contributed by atoms with E-state index in [9.17, 15) is 13.6 Å². The molecule has 4 nitrogen and oxygen atoms in total. The van der Waals surface area contributed by atoms with Gasteiger partial charge in [0.1, 0.15) is 5.60 Å². The van der Waals surface area contributed by atoms with Crippen LogP contribution in [0.4, 0.5) is 13.6 Å². The number of halogens is 2. The van der Waals surface area contributed by atoms with Gasteiger partial charge in [0.2, 0.25) is 0 Å². The third kappa shape index (κ3) is 4.40. The summed E-state index contributed by atoms with van der Waals surface area (Å²) in [6, 6.07) is 3.77. The van der Waals surface area contributed by atoms with Crippen molar-refractivity contribution in [3.63, 3.8) is 0 Å². The van der Waals surface area contributed by atoms with Gasteiger partial charge in [0.15, 0.2) is 11.6 Å². The Bertz CT molecular complexity index is 558. The van der Waals surface area contributed by atoms with Crippen LogP contribution in [0.3, 0.4) is 0 Å². The lowest BCUT2D eigenvalue weighted by atomic mass is 10.1. The van der Waals surface area contributed by atoms with Gasteiger partial charge in [0.25, 0.3) is 0 Å². The summed E-state index contributed by atoms with van der Waals surface area (Å²) in [7, 11) is 0. The number of ether oxygens (including phenoxy) is 1. The van der Waals surface area contributed by atoms with Gasteiger partial charge in [-0.05, 0) is 40.2 Å². The molecule has 0 heterocycles. The maximum absolute atomic E-state index is 13.7. The van der Waals surface area contributed by atoms with Gasteiger partial charge in [0, 0.05) is 23.7 Å². The first-order chi connectivity index (χ1) is 10.2. The van der Waals surface area contributed by atoms with E-state index in [1.54, 1.807) is 33.8 Å². The highest BCUT2D eigenvalue weighted by Gasteiger charge is 2.40. The second kappa shape index (κ2) is 6.20. The molecule has 1 aliphatic rings. The first-order valence-corrected chi connectivity index (χ1v) is 7.37. The number of benzene rings is 1. The summed E-state index contributed by atoms with van der Waals surface area (Å²) in [4.78, 5) is 11.6. The Kier molecular flexibility index (Phi) is 4.70. The molecule has 1 aromatic rings. The molecule has 0 aromatic heterocycles. The van der Waals surface area contributed by atoms with Gasteiger partial charge >= 0.3 is 6.09 Å². The van der Waals surface area contributed by atoms with Crippen molar-refractivity contribution in [1.82, 2.24) is 10.6 Å². The van der Waals surface area contributed by atoms with Crippen LogP contribution in [-0.2, 0) is 4.74 Å². The minimum Gasteiger partial charge on any atom is -0.444 e. The number of carbonyl (C=O) groups excluding carboxylic acids is 1. The third-order valence-electron chi connectivity index (χ3n) is 3.40. The fourth-order valence-corrected chi connectivity index (χ4v) is 2.26. The van der Waals surface area contributed by atoms with Crippen LogP contribution >= 0.6 is 0 Å². The summed E-state index contributed by atoms with van der Waals surface area (Å²) in [5.74, 6) is -1.69. The Balaban J connectivity index is 1.84. The number of hydrogen-bond acceptors (Lipinski definition) is 3. The zero-order chi connectivity index (χ0) is 16.5. The molecule has 0 saturated heterocycles. The maximum Gasteiger partial charge on any atom is 0.407 e. The van der Waals surface area contributed by atoms with Crippen molar-refractivity contribution in [2.45, 2.75) is 57.8 Å². The molecular formula is C16H22F2N2O2. The lowest BCUT2D eigenvalue weighted by molar-refractivity contribution is 0.0522. The van der Waals surface area contributed by atoms with Crippen LogP contribution in [0.2, 0.25) is 0 Å².